The zero-order valence-electron chi connectivity index (χ0n) is 13.8. The van der Waals surface area contributed by atoms with Gasteiger partial charge in [0, 0.05) is 11.0 Å². The van der Waals surface area contributed by atoms with Crippen molar-refractivity contribution in [2.24, 2.45) is 0 Å². The van der Waals surface area contributed by atoms with Gasteiger partial charge in [-0.15, -0.1) is 0 Å². The van der Waals surface area contributed by atoms with Gasteiger partial charge in [0.2, 0.25) is 0 Å². The second-order valence-corrected chi connectivity index (χ2v) is 6.68. The molecule has 6 nitrogen and oxygen atoms in total. The van der Waals surface area contributed by atoms with Crippen molar-refractivity contribution in [3.8, 4) is 5.75 Å². The SMILES string of the molecule is COC(=O)c1cc(Br)ccc1OCCCNC(=O)OC(C)(C)C. The lowest BCUT2D eigenvalue weighted by molar-refractivity contribution is 0.0525. The lowest BCUT2D eigenvalue weighted by Crippen LogP contribution is -2.33. The zero-order valence-corrected chi connectivity index (χ0v) is 15.4. The number of methoxy groups -OCH3 is 1. The first-order chi connectivity index (χ1) is 10.7. The van der Waals surface area contributed by atoms with Crippen LogP contribution in [0, 0.1) is 0 Å². The second kappa shape index (κ2) is 8.76. The van der Waals surface area contributed by atoms with E-state index < -0.39 is 17.7 Å². The normalized spacial score (nSPS) is 10.8. The molecular weight excluding hydrogens is 366 g/mol. The highest BCUT2D eigenvalue weighted by Gasteiger charge is 2.16. The van der Waals surface area contributed by atoms with Gasteiger partial charge in [0.15, 0.2) is 0 Å². The smallest absolute Gasteiger partial charge is 0.407 e. The van der Waals surface area contributed by atoms with E-state index in [0.29, 0.717) is 30.9 Å². The number of amides is 1. The Balaban J connectivity index is 2.42. The van der Waals surface area contributed by atoms with Crippen molar-refractivity contribution >= 4 is 28.0 Å². The van der Waals surface area contributed by atoms with Crippen molar-refractivity contribution < 1.29 is 23.8 Å². The van der Waals surface area contributed by atoms with Crippen LogP contribution in [-0.2, 0) is 9.47 Å². The number of alkyl carbamates (subject to hydrolysis) is 1. The van der Waals surface area contributed by atoms with E-state index in [4.69, 9.17) is 14.2 Å². The van der Waals surface area contributed by atoms with Gasteiger partial charge in [0.1, 0.15) is 16.9 Å². The van der Waals surface area contributed by atoms with Crippen LogP contribution in [0.3, 0.4) is 0 Å². The van der Waals surface area contributed by atoms with Crippen LogP contribution in [0.4, 0.5) is 4.79 Å². The van der Waals surface area contributed by atoms with E-state index >= 15 is 0 Å². The van der Waals surface area contributed by atoms with Crippen molar-refractivity contribution in [1.29, 1.82) is 0 Å². The Morgan fingerprint density at radius 3 is 2.57 bits per heavy atom. The number of halogens is 1. The topological polar surface area (TPSA) is 73.9 Å². The van der Waals surface area contributed by atoms with Gasteiger partial charge >= 0.3 is 12.1 Å². The van der Waals surface area contributed by atoms with E-state index in [9.17, 15) is 9.59 Å². The first kappa shape index (κ1) is 19.3. The van der Waals surface area contributed by atoms with Crippen LogP contribution in [0.5, 0.6) is 5.75 Å². The molecule has 0 spiro atoms. The van der Waals surface area contributed by atoms with Crippen LogP contribution in [-0.4, -0.2) is 37.9 Å². The van der Waals surface area contributed by atoms with Crippen LogP contribution in [0.25, 0.3) is 0 Å². The average molecular weight is 388 g/mol. The molecule has 0 aliphatic rings. The number of rotatable bonds is 6. The summed E-state index contributed by atoms with van der Waals surface area (Å²) < 4.78 is 16.2. The maximum absolute atomic E-state index is 11.7. The molecule has 7 heteroatoms. The average Bonchev–Trinajstić information content (AvgIpc) is 2.45. The molecule has 0 saturated heterocycles. The summed E-state index contributed by atoms with van der Waals surface area (Å²) in [5.41, 5.74) is -0.171. The summed E-state index contributed by atoms with van der Waals surface area (Å²) in [5.74, 6) is -0.0227. The number of hydrogen-bond donors (Lipinski definition) is 1. The predicted molar refractivity (Wildman–Crippen MR) is 89.8 cm³/mol. The summed E-state index contributed by atoms with van der Waals surface area (Å²) in [5, 5.41) is 2.64. The maximum Gasteiger partial charge on any atom is 0.407 e. The van der Waals surface area contributed by atoms with E-state index in [1.165, 1.54) is 7.11 Å². The molecule has 0 unspecified atom stereocenters. The fourth-order valence-corrected chi connectivity index (χ4v) is 2.02. The minimum Gasteiger partial charge on any atom is -0.493 e. The molecule has 1 aromatic rings. The number of hydrogen-bond acceptors (Lipinski definition) is 5. The number of nitrogens with one attached hydrogen (secondary N) is 1. The largest absolute Gasteiger partial charge is 0.493 e. The van der Waals surface area contributed by atoms with Gasteiger partial charge in [-0.05, 0) is 45.4 Å². The molecular formula is C16H22BrNO5. The third-order valence-corrected chi connectivity index (χ3v) is 3.09. The zero-order chi connectivity index (χ0) is 17.5. The molecule has 0 fully saturated rings. The van der Waals surface area contributed by atoms with E-state index in [1.54, 1.807) is 39.0 Å². The van der Waals surface area contributed by atoms with Crippen LogP contribution >= 0.6 is 15.9 Å². The van der Waals surface area contributed by atoms with Crippen molar-refractivity contribution in [3.63, 3.8) is 0 Å². The molecule has 1 rings (SSSR count). The number of carbonyl (C=O) groups is 2. The fraction of sp³-hybridized carbons (Fsp3) is 0.500. The molecule has 0 bridgehead atoms. The highest BCUT2D eigenvalue weighted by molar-refractivity contribution is 9.10. The van der Waals surface area contributed by atoms with Crippen LogP contribution in [0.2, 0.25) is 0 Å². The van der Waals surface area contributed by atoms with E-state index in [2.05, 4.69) is 21.2 Å². The quantitative estimate of drug-likeness (QED) is 0.596. The van der Waals surface area contributed by atoms with E-state index in [0.717, 1.165) is 4.47 Å². The van der Waals surface area contributed by atoms with Crippen LogP contribution in [0.1, 0.15) is 37.6 Å². The van der Waals surface area contributed by atoms with Crippen molar-refractivity contribution in [2.45, 2.75) is 32.8 Å². The molecule has 0 radical (unpaired) electrons. The summed E-state index contributed by atoms with van der Waals surface area (Å²) >= 11 is 3.30. The molecule has 23 heavy (non-hydrogen) atoms. The number of carbonyl (C=O) groups excluding carboxylic acids is 2. The van der Waals surface area contributed by atoms with Gasteiger partial charge in [0.25, 0.3) is 0 Å². The summed E-state index contributed by atoms with van der Waals surface area (Å²) in [6.45, 7) is 6.17. The first-order valence-corrected chi connectivity index (χ1v) is 8.00. The van der Waals surface area contributed by atoms with Crippen LogP contribution < -0.4 is 10.1 Å². The molecule has 0 aromatic heterocycles. The number of ether oxygens (including phenoxy) is 3. The number of esters is 1. The van der Waals surface area contributed by atoms with Gasteiger partial charge in [0.05, 0.1) is 13.7 Å². The molecule has 0 heterocycles. The lowest BCUT2D eigenvalue weighted by Gasteiger charge is -2.19. The van der Waals surface area contributed by atoms with Gasteiger partial charge in [-0.2, -0.15) is 0 Å². The van der Waals surface area contributed by atoms with Crippen molar-refractivity contribution in [3.05, 3.63) is 28.2 Å². The molecule has 0 atom stereocenters. The molecule has 0 aliphatic heterocycles. The Kier molecular flexibility index (Phi) is 7.35. The molecule has 128 valence electrons. The van der Waals surface area contributed by atoms with Gasteiger partial charge in [-0.3, -0.25) is 0 Å². The summed E-state index contributed by atoms with van der Waals surface area (Å²) in [6, 6.07) is 5.11. The minimum absolute atomic E-state index is 0.349. The molecule has 1 aromatic carbocycles. The first-order valence-electron chi connectivity index (χ1n) is 7.20. The standard InChI is InChI=1S/C16H22BrNO5/c1-16(2,3)23-15(20)18-8-5-9-22-13-7-6-11(17)10-12(13)14(19)21-4/h6-7,10H,5,8-9H2,1-4H3,(H,18,20). The molecule has 1 amide bonds. The third-order valence-electron chi connectivity index (χ3n) is 2.59. The van der Waals surface area contributed by atoms with Gasteiger partial charge in [-0.25, -0.2) is 9.59 Å². The highest BCUT2D eigenvalue weighted by atomic mass is 79.9. The van der Waals surface area contributed by atoms with E-state index in [-0.39, 0.29) is 0 Å². The van der Waals surface area contributed by atoms with Crippen LogP contribution in [0.15, 0.2) is 22.7 Å². The molecule has 0 aliphatic carbocycles. The number of benzene rings is 1. The Hall–Kier alpha value is -1.76. The van der Waals surface area contributed by atoms with Crippen molar-refractivity contribution in [1.82, 2.24) is 5.32 Å². The third kappa shape index (κ3) is 7.36. The monoisotopic (exact) mass is 387 g/mol. The highest BCUT2D eigenvalue weighted by Crippen LogP contribution is 2.24. The van der Waals surface area contributed by atoms with Gasteiger partial charge in [-0.1, -0.05) is 15.9 Å². The minimum atomic E-state index is -0.520. The summed E-state index contributed by atoms with van der Waals surface area (Å²) in [6.07, 6.45) is 0.118. The molecule has 1 N–H and O–H groups in total. The Labute approximate surface area is 144 Å². The Bertz CT molecular complexity index is 554. The predicted octanol–water partition coefficient (Wildman–Crippen LogP) is 3.53. The Morgan fingerprint density at radius 1 is 1.26 bits per heavy atom. The van der Waals surface area contributed by atoms with E-state index in [1.807, 2.05) is 0 Å². The summed E-state index contributed by atoms with van der Waals surface area (Å²) in [4.78, 5) is 23.2. The van der Waals surface area contributed by atoms with Crippen molar-refractivity contribution in [2.75, 3.05) is 20.3 Å². The summed E-state index contributed by atoms with van der Waals surface area (Å²) in [7, 11) is 1.32. The fourth-order valence-electron chi connectivity index (χ4n) is 1.66. The van der Waals surface area contributed by atoms with Gasteiger partial charge < -0.3 is 19.5 Å². The molecule has 0 saturated carbocycles. The lowest BCUT2D eigenvalue weighted by atomic mass is 10.2. The second-order valence-electron chi connectivity index (χ2n) is 5.76. The Morgan fingerprint density at radius 2 is 1.96 bits per heavy atom. The maximum atomic E-state index is 11.7.